The third kappa shape index (κ3) is 6.07. The Bertz CT molecular complexity index is 1830. The number of sulfone groups is 1. The van der Waals surface area contributed by atoms with E-state index in [1.807, 2.05) is 72.8 Å². The highest BCUT2D eigenvalue weighted by Crippen LogP contribution is 2.37. The Morgan fingerprint density at radius 3 is 1.05 bits per heavy atom. The van der Waals surface area contributed by atoms with Crippen LogP contribution in [0.2, 0.25) is 0 Å². The van der Waals surface area contributed by atoms with Gasteiger partial charge in [0.15, 0.2) is 0 Å². The Labute approximate surface area is 250 Å². The van der Waals surface area contributed by atoms with E-state index in [4.69, 9.17) is 20.9 Å². The molecule has 0 radical (unpaired) electrons. The first-order valence-electron chi connectivity index (χ1n) is 13.6. The van der Waals surface area contributed by atoms with Crippen molar-refractivity contribution in [2.75, 3.05) is 11.5 Å². The average molecular weight is 585 g/mol. The lowest BCUT2D eigenvalue weighted by Gasteiger charge is -2.15. The van der Waals surface area contributed by atoms with Gasteiger partial charge in [-0.1, -0.05) is 60.7 Å². The van der Waals surface area contributed by atoms with Crippen molar-refractivity contribution in [3.63, 3.8) is 0 Å². The molecular formula is C36H28N2O4S. The summed E-state index contributed by atoms with van der Waals surface area (Å²) in [4.78, 5) is 0.441. The molecule has 0 fully saturated rings. The van der Waals surface area contributed by atoms with Crippen molar-refractivity contribution in [2.45, 2.75) is 9.79 Å². The van der Waals surface area contributed by atoms with Gasteiger partial charge in [-0.15, -0.1) is 0 Å². The second-order valence-corrected chi connectivity index (χ2v) is 11.8. The Kier molecular flexibility index (Phi) is 7.56. The molecule has 212 valence electrons. The number of anilines is 2. The summed E-state index contributed by atoms with van der Waals surface area (Å²) in [5, 5.41) is 0. The molecule has 6 nitrogen and oxygen atoms in total. The number of rotatable bonds is 8. The smallest absolute Gasteiger partial charge is 0.207 e. The quantitative estimate of drug-likeness (QED) is 0.174. The van der Waals surface area contributed by atoms with E-state index < -0.39 is 9.84 Å². The maximum atomic E-state index is 14.2. The van der Waals surface area contributed by atoms with Gasteiger partial charge in [0.1, 0.15) is 23.0 Å². The monoisotopic (exact) mass is 584 g/mol. The molecule has 6 rings (SSSR count). The number of ether oxygens (including phenoxy) is 2. The predicted molar refractivity (Wildman–Crippen MR) is 171 cm³/mol. The molecule has 0 unspecified atom stereocenters. The van der Waals surface area contributed by atoms with Crippen LogP contribution in [0.25, 0.3) is 22.3 Å². The largest absolute Gasteiger partial charge is 0.457 e. The normalized spacial score (nSPS) is 11.2. The summed E-state index contributed by atoms with van der Waals surface area (Å²) in [6, 6.07) is 43.0. The molecule has 7 heteroatoms. The first-order chi connectivity index (χ1) is 20.9. The van der Waals surface area contributed by atoms with Crippen molar-refractivity contribution in [1.82, 2.24) is 0 Å². The van der Waals surface area contributed by atoms with E-state index in [-0.39, 0.29) is 9.79 Å². The Morgan fingerprint density at radius 1 is 0.395 bits per heavy atom. The first kappa shape index (κ1) is 27.6. The van der Waals surface area contributed by atoms with Crippen molar-refractivity contribution in [3.8, 4) is 45.3 Å². The number of benzene rings is 6. The van der Waals surface area contributed by atoms with Crippen molar-refractivity contribution in [3.05, 3.63) is 146 Å². The zero-order chi connectivity index (χ0) is 29.8. The van der Waals surface area contributed by atoms with Crippen LogP contribution in [0.15, 0.2) is 155 Å². The minimum Gasteiger partial charge on any atom is -0.457 e. The lowest BCUT2D eigenvalue weighted by Crippen LogP contribution is -2.06. The van der Waals surface area contributed by atoms with Gasteiger partial charge >= 0.3 is 0 Å². The molecule has 0 aliphatic carbocycles. The van der Waals surface area contributed by atoms with E-state index in [0.717, 1.165) is 11.1 Å². The van der Waals surface area contributed by atoms with E-state index in [1.54, 1.807) is 72.8 Å². The maximum Gasteiger partial charge on any atom is 0.207 e. The minimum absolute atomic E-state index is 0.220. The minimum atomic E-state index is -3.91. The highest BCUT2D eigenvalue weighted by Gasteiger charge is 2.25. The van der Waals surface area contributed by atoms with Crippen LogP contribution in [0.5, 0.6) is 23.0 Å². The van der Waals surface area contributed by atoms with Crippen molar-refractivity contribution < 1.29 is 17.9 Å². The molecule has 0 spiro atoms. The lowest BCUT2D eigenvalue weighted by atomic mass is 10.1. The molecule has 0 aromatic heterocycles. The maximum absolute atomic E-state index is 14.2. The number of hydrogen-bond acceptors (Lipinski definition) is 6. The molecular weight excluding hydrogens is 556 g/mol. The molecule has 0 saturated carbocycles. The predicted octanol–water partition coefficient (Wildman–Crippen LogP) is 8.60. The van der Waals surface area contributed by atoms with Crippen molar-refractivity contribution in [1.29, 1.82) is 0 Å². The zero-order valence-corrected chi connectivity index (χ0v) is 23.9. The molecule has 0 saturated heterocycles. The standard InChI is InChI=1S/C36H28N2O4S/c37-27-13-21-31(22-14-27)41-29-17-9-25(10-18-29)33-5-1-3-7-35(33)43(39,40)36-8-4-2-6-34(36)26-11-19-30(20-12-26)42-32-23-15-28(38)16-24-32/h1-24H,37-38H2. The van der Waals surface area contributed by atoms with Gasteiger partial charge in [-0.05, 0) is 96.1 Å². The molecule has 6 aromatic rings. The summed E-state index contributed by atoms with van der Waals surface area (Å²) in [5.74, 6) is 2.57. The van der Waals surface area contributed by atoms with Gasteiger partial charge in [-0.2, -0.15) is 0 Å². The van der Waals surface area contributed by atoms with Gasteiger partial charge in [0, 0.05) is 22.5 Å². The third-order valence-electron chi connectivity index (χ3n) is 6.92. The fraction of sp³-hybridized carbons (Fsp3) is 0. The molecule has 0 bridgehead atoms. The van der Waals surface area contributed by atoms with Crippen molar-refractivity contribution >= 4 is 21.2 Å². The van der Waals surface area contributed by atoms with Crippen LogP contribution < -0.4 is 20.9 Å². The van der Waals surface area contributed by atoms with E-state index in [2.05, 4.69) is 0 Å². The van der Waals surface area contributed by atoms with E-state index in [9.17, 15) is 8.42 Å². The summed E-state index contributed by atoms with van der Waals surface area (Å²) < 4.78 is 40.3. The van der Waals surface area contributed by atoms with E-state index in [0.29, 0.717) is 45.5 Å². The van der Waals surface area contributed by atoms with Crippen LogP contribution in [-0.4, -0.2) is 8.42 Å². The molecule has 0 heterocycles. The lowest BCUT2D eigenvalue weighted by molar-refractivity contribution is 0.482. The van der Waals surface area contributed by atoms with Gasteiger partial charge < -0.3 is 20.9 Å². The van der Waals surface area contributed by atoms with E-state index in [1.165, 1.54) is 0 Å². The second kappa shape index (κ2) is 11.8. The van der Waals surface area contributed by atoms with Crippen LogP contribution in [-0.2, 0) is 9.84 Å². The van der Waals surface area contributed by atoms with Crippen LogP contribution in [0.4, 0.5) is 11.4 Å². The SMILES string of the molecule is Nc1ccc(Oc2ccc(-c3ccccc3S(=O)(=O)c3ccccc3-c3ccc(Oc4ccc(N)cc4)cc3)cc2)cc1. The van der Waals surface area contributed by atoms with Crippen LogP contribution in [0.1, 0.15) is 0 Å². The zero-order valence-electron chi connectivity index (χ0n) is 23.1. The molecule has 4 N–H and O–H groups in total. The number of nitrogen functional groups attached to an aromatic ring is 2. The Hall–Kier alpha value is -5.53. The van der Waals surface area contributed by atoms with Gasteiger partial charge in [-0.3, -0.25) is 0 Å². The van der Waals surface area contributed by atoms with Gasteiger partial charge in [0.25, 0.3) is 0 Å². The fourth-order valence-corrected chi connectivity index (χ4v) is 6.45. The number of nitrogens with two attached hydrogens (primary N) is 2. The molecule has 43 heavy (non-hydrogen) atoms. The highest BCUT2D eigenvalue weighted by atomic mass is 32.2. The van der Waals surface area contributed by atoms with Crippen LogP contribution in [0, 0.1) is 0 Å². The molecule has 0 amide bonds. The number of hydrogen-bond donors (Lipinski definition) is 2. The summed E-state index contributed by atoms with van der Waals surface area (Å²) >= 11 is 0. The molecule has 0 aliphatic rings. The first-order valence-corrected chi connectivity index (χ1v) is 15.1. The van der Waals surface area contributed by atoms with E-state index >= 15 is 0 Å². The average Bonchev–Trinajstić information content (AvgIpc) is 3.04. The summed E-state index contributed by atoms with van der Waals surface area (Å²) in [5.41, 5.74) is 15.5. The topological polar surface area (TPSA) is 105 Å². The fourth-order valence-electron chi connectivity index (χ4n) is 4.75. The van der Waals surface area contributed by atoms with Crippen LogP contribution in [0.3, 0.4) is 0 Å². The van der Waals surface area contributed by atoms with Gasteiger partial charge in [0.05, 0.1) is 9.79 Å². The molecule has 6 aromatic carbocycles. The van der Waals surface area contributed by atoms with Gasteiger partial charge in [0.2, 0.25) is 9.84 Å². The molecule has 0 atom stereocenters. The van der Waals surface area contributed by atoms with Crippen molar-refractivity contribution in [2.24, 2.45) is 0 Å². The summed E-state index contributed by atoms with van der Waals surface area (Å²) in [7, 11) is -3.91. The summed E-state index contributed by atoms with van der Waals surface area (Å²) in [6.45, 7) is 0. The van der Waals surface area contributed by atoms with Gasteiger partial charge in [-0.25, -0.2) is 8.42 Å². The Morgan fingerprint density at radius 2 is 0.698 bits per heavy atom. The highest BCUT2D eigenvalue weighted by molar-refractivity contribution is 7.91. The van der Waals surface area contributed by atoms with Crippen LogP contribution >= 0.6 is 0 Å². The summed E-state index contributed by atoms with van der Waals surface area (Å²) in [6.07, 6.45) is 0. The third-order valence-corrected chi connectivity index (χ3v) is 8.79. The second-order valence-electron chi connectivity index (χ2n) is 9.89. The molecule has 0 aliphatic heterocycles. The Balaban J connectivity index is 1.29.